The lowest BCUT2D eigenvalue weighted by atomic mass is 9.96. The molecule has 6 nitrogen and oxygen atoms in total. The van der Waals surface area contributed by atoms with Crippen LogP contribution < -0.4 is 14.8 Å². The molecule has 2 saturated carbocycles. The predicted octanol–water partition coefficient (Wildman–Crippen LogP) is 4.21. The van der Waals surface area contributed by atoms with Crippen molar-refractivity contribution < 1.29 is 17.9 Å². The van der Waals surface area contributed by atoms with E-state index in [0.29, 0.717) is 11.3 Å². The Morgan fingerprint density at radius 1 is 0.933 bits per heavy atom. The van der Waals surface area contributed by atoms with Gasteiger partial charge in [-0.2, -0.15) is 0 Å². The molecule has 1 aromatic rings. The van der Waals surface area contributed by atoms with Gasteiger partial charge in [-0.25, -0.2) is 13.1 Å². The van der Waals surface area contributed by atoms with E-state index >= 15 is 0 Å². The molecule has 0 heterocycles. The first-order valence-electron chi connectivity index (χ1n) is 11.5. The van der Waals surface area contributed by atoms with Crippen molar-refractivity contribution in [3.8, 4) is 5.75 Å². The summed E-state index contributed by atoms with van der Waals surface area (Å²) in [5, 5.41) is 3.09. The molecule has 1 amide bonds. The van der Waals surface area contributed by atoms with Gasteiger partial charge in [-0.1, -0.05) is 51.4 Å². The number of carbonyl (C=O) groups is 1. The van der Waals surface area contributed by atoms with Crippen molar-refractivity contribution in [2.45, 2.75) is 101 Å². The molecular formula is C23H36N2O4S. The number of ether oxygens (including phenoxy) is 1. The summed E-state index contributed by atoms with van der Waals surface area (Å²) < 4.78 is 33.9. The van der Waals surface area contributed by atoms with E-state index in [2.05, 4.69) is 10.0 Å². The van der Waals surface area contributed by atoms with Crippen LogP contribution in [0.1, 0.15) is 82.6 Å². The molecule has 2 aliphatic carbocycles. The molecule has 0 spiro atoms. The number of aryl methyl sites for hydroxylation is 1. The van der Waals surface area contributed by atoms with Gasteiger partial charge in [0.15, 0.2) is 6.61 Å². The van der Waals surface area contributed by atoms with Crippen LogP contribution in [0.4, 0.5) is 0 Å². The van der Waals surface area contributed by atoms with Gasteiger partial charge in [0.2, 0.25) is 10.0 Å². The Bertz CT molecular complexity index is 795. The third-order valence-corrected chi connectivity index (χ3v) is 7.73. The maximum absolute atomic E-state index is 12.7. The number of nitrogens with one attached hydrogen (secondary N) is 2. The average Bonchev–Trinajstić information content (AvgIpc) is 2.69. The highest BCUT2D eigenvalue weighted by atomic mass is 32.2. The van der Waals surface area contributed by atoms with Gasteiger partial charge in [-0.05, 0) is 56.4 Å². The Morgan fingerprint density at radius 3 is 2.13 bits per heavy atom. The van der Waals surface area contributed by atoms with Crippen LogP contribution in [0.2, 0.25) is 0 Å². The zero-order chi connectivity index (χ0) is 21.4. The number of sulfonamides is 1. The third-order valence-electron chi connectivity index (χ3n) is 6.21. The van der Waals surface area contributed by atoms with Crippen LogP contribution in [0.25, 0.3) is 0 Å². The molecule has 0 aliphatic heterocycles. The van der Waals surface area contributed by atoms with Gasteiger partial charge in [0.05, 0.1) is 4.90 Å². The molecule has 2 N–H and O–H groups in total. The monoisotopic (exact) mass is 436 g/mol. The summed E-state index contributed by atoms with van der Waals surface area (Å²) >= 11 is 0. The maximum atomic E-state index is 12.7. The normalized spacial score (nSPS) is 19.6. The molecular weight excluding hydrogens is 400 g/mol. The standard InChI is InChI=1S/C23H36N2O4S/c1-18-16-21(30(27,28)25-20-12-8-5-9-13-20)14-15-22(18)29-17-23(26)24-19-10-6-3-2-4-7-11-19/h14-16,19-20,25H,2-13,17H2,1H3,(H,24,26). The van der Waals surface area contributed by atoms with Crippen LogP contribution in [0.15, 0.2) is 23.1 Å². The van der Waals surface area contributed by atoms with Crippen molar-refractivity contribution >= 4 is 15.9 Å². The number of amides is 1. The Balaban J connectivity index is 1.52. The maximum Gasteiger partial charge on any atom is 0.258 e. The Labute approximate surface area is 181 Å². The van der Waals surface area contributed by atoms with Crippen molar-refractivity contribution in [1.29, 1.82) is 0 Å². The second-order valence-electron chi connectivity index (χ2n) is 8.78. The minimum absolute atomic E-state index is 0.0250. The minimum atomic E-state index is -3.54. The molecule has 2 fully saturated rings. The zero-order valence-corrected chi connectivity index (χ0v) is 18.9. The zero-order valence-electron chi connectivity index (χ0n) is 18.1. The first kappa shape index (κ1) is 23.1. The smallest absolute Gasteiger partial charge is 0.258 e. The third kappa shape index (κ3) is 6.98. The van der Waals surface area contributed by atoms with Crippen LogP contribution in [0.5, 0.6) is 5.75 Å². The van der Waals surface area contributed by atoms with E-state index < -0.39 is 10.0 Å². The molecule has 1 aromatic carbocycles. The van der Waals surface area contributed by atoms with Crippen molar-refractivity contribution in [2.75, 3.05) is 6.61 Å². The fourth-order valence-corrected chi connectivity index (χ4v) is 5.86. The van der Waals surface area contributed by atoms with Gasteiger partial charge in [0.25, 0.3) is 5.91 Å². The van der Waals surface area contributed by atoms with E-state index in [-0.39, 0.29) is 29.5 Å². The Morgan fingerprint density at radius 2 is 1.50 bits per heavy atom. The molecule has 30 heavy (non-hydrogen) atoms. The second kappa shape index (κ2) is 11.1. The molecule has 0 bridgehead atoms. The summed E-state index contributed by atoms with van der Waals surface area (Å²) in [4.78, 5) is 12.5. The molecule has 0 unspecified atom stereocenters. The molecule has 168 valence electrons. The quantitative estimate of drug-likeness (QED) is 0.670. The minimum Gasteiger partial charge on any atom is -0.484 e. The Hall–Kier alpha value is -1.60. The molecule has 0 saturated heterocycles. The highest BCUT2D eigenvalue weighted by Crippen LogP contribution is 2.24. The van der Waals surface area contributed by atoms with Crippen LogP contribution in [0, 0.1) is 6.92 Å². The van der Waals surface area contributed by atoms with Gasteiger partial charge in [-0.3, -0.25) is 4.79 Å². The summed E-state index contributed by atoms with van der Waals surface area (Å²) in [6, 6.07) is 5.08. The summed E-state index contributed by atoms with van der Waals surface area (Å²) in [5.74, 6) is 0.426. The molecule has 0 radical (unpaired) electrons. The highest BCUT2D eigenvalue weighted by molar-refractivity contribution is 7.89. The van der Waals surface area contributed by atoms with Crippen molar-refractivity contribution in [1.82, 2.24) is 10.0 Å². The molecule has 2 aliphatic rings. The van der Waals surface area contributed by atoms with E-state index in [1.165, 1.54) is 25.7 Å². The molecule has 3 rings (SSSR count). The highest BCUT2D eigenvalue weighted by Gasteiger charge is 2.22. The van der Waals surface area contributed by atoms with E-state index in [9.17, 15) is 13.2 Å². The van der Waals surface area contributed by atoms with E-state index in [4.69, 9.17) is 4.74 Å². The number of carbonyl (C=O) groups excluding carboxylic acids is 1. The fraction of sp³-hybridized carbons (Fsp3) is 0.696. The fourth-order valence-electron chi connectivity index (χ4n) is 4.47. The first-order valence-corrected chi connectivity index (χ1v) is 13.0. The summed E-state index contributed by atoms with van der Waals surface area (Å²) in [5.41, 5.74) is 0.709. The molecule has 0 atom stereocenters. The predicted molar refractivity (Wildman–Crippen MR) is 118 cm³/mol. The van der Waals surface area contributed by atoms with Crippen LogP contribution in [0.3, 0.4) is 0 Å². The van der Waals surface area contributed by atoms with Gasteiger partial charge in [-0.15, -0.1) is 0 Å². The summed E-state index contributed by atoms with van der Waals surface area (Å²) in [6.07, 6.45) is 13.3. The number of hydrogen-bond donors (Lipinski definition) is 2. The van der Waals surface area contributed by atoms with Crippen LogP contribution in [-0.4, -0.2) is 33.0 Å². The van der Waals surface area contributed by atoms with Crippen LogP contribution in [-0.2, 0) is 14.8 Å². The number of rotatable bonds is 7. The van der Waals surface area contributed by atoms with Crippen molar-refractivity contribution in [2.24, 2.45) is 0 Å². The van der Waals surface area contributed by atoms with E-state index in [1.807, 2.05) is 6.92 Å². The van der Waals surface area contributed by atoms with Gasteiger partial charge in [0.1, 0.15) is 5.75 Å². The van der Waals surface area contributed by atoms with Crippen molar-refractivity contribution in [3.63, 3.8) is 0 Å². The van der Waals surface area contributed by atoms with Gasteiger partial charge >= 0.3 is 0 Å². The van der Waals surface area contributed by atoms with E-state index in [0.717, 1.165) is 51.4 Å². The second-order valence-corrected chi connectivity index (χ2v) is 10.5. The lowest BCUT2D eigenvalue weighted by Crippen LogP contribution is -2.38. The Kier molecular flexibility index (Phi) is 8.57. The SMILES string of the molecule is Cc1cc(S(=O)(=O)NC2CCCCC2)ccc1OCC(=O)NC1CCCCCCC1. The topological polar surface area (TPSA) is 84.5 Å². The number of benzene rings is 1. The summed E-state index contributed by atoms with van der Waals surface area (Å²) in [6.45, 7) is 1.76. The lowest BCUT2D eigenvalue weighted by Gasteiger charge is -2.23. The van der Waals surface area contributed by atoms with Gasteiger partial charge in [0, 0.05) is 12.1 Å². The van der Waals surface area contributed by atoms with Crippen LogP contribution >= 0.6 is 0 Å². The first-order chi connectivity index (χ1) is 14.4. The average molecular weight is 437 g/mol. The van der Waals surface area contributed by atoms with Crippen molar-refractivity contribution in [3.05, 3.63) is 23.8 Å². The molecule has 7 heteroatoms. The lowest BCUT2D eigenvalue weighted by molar-refractivity contribution is -0.123. The van der Waals surface area contributed by atoms with Gasteiger partial charge < -0.3 is 10.1 Å². The van der Waals surface area contributed by atoms with E-state index in [1.54, 1.807) is 18.2 Å². The molecule has 0 aromatic heterocycles. The summed E-state index contributed by atoms with van der Waals surface area (Å²) in [7, 11) is -3.54. The largest absolute Gasteiger partial charge is 0.484 e. The number of hydrogen-bond acceptors (Lipinski definition) is 4.